The zero-order valence-electron chi connectivity index (χ0n) is 9.51. The van der Waals surface area contributed by atoms with Gasteiger partial charge in [-0.2, -0.15) is 0 Å². The Morgan fingerprint density at radius 3 is 2.78 bits per heavy atom. The molecule has 0 radical (unpaired) electrons. The maximum atomic E-state index is 11.9. The van der Waals surface area contributed by atoms with Crippen LogP contribution in [0.4, 0.5) is 5.82 Å². The maximum absolute atomic E-state index is 11.9. The van der Waals surface area contributed by atoms with Gasteiger partial charge in [0.1, 0.15) is 5.82 Å². The van der Waals surface area contributed by atoms with E-state index in [0.29, 0.717) is 12.1 Å². The summed E-state index contributed by atoms with van der Waals surface area (Å²) in [5.74, 6) is -0.0596. The minimum absolute atomic E-state index is 0.223. The Hall–Kier alpha value is -2.21. The van der Waals surface area contributed by atoms with Gasteiger partial charge in [0, 0.05) is 12.7 Å². The maximum Gasteiger partial charge on any atom is 0.256 e. The van der Waals surface area contributed by atoms with E-state index in [1.54, 1.807) is 0 Å². The Morgan fingerprint density at radius 2 is 2.11 bits per heavy atom. The SMILES string of the molecule is Nc1[nH]c(=S)ncc1C(=O)NCc1ccccc1. The number of nitrogens with one attached hydrogen (secondary N) is 2. The van der Waals surface area contributed by atoms with Crippen LogP contribution >= 0.6 is 12.2 Å². The van der Waals surface area contributed by atoms with Crippen LogP contribution in [-0.4, -0.2) is 15.9 Å². The van der Waals surface area contributed by atoms with Crippen LogP contribution < -0.4 is 11.1 Å². The van der Waals surface area contributed by atoms with E-state index in [2.05, 4.69) is 15.3 Å². The van der Waals surface area contributed by atoms with Crippen LogP contribution in [0.15, 0.2) is 36.5 Å². The monoisotopic (exact) mass is 260 g/mol. The number of aromatic amines is 1. The summed E-state index contributed by atoms with van der Waals surface area (Å²) in [4.78, 5) is 18.3. The second-order valence-corrected chi connectivity index (χ2v) is 4.07. The van der Waals surface area contributed by atoms with Crippen LogP contribution in [0, 0.1) is 4.77 Å². The van der Waals surface area contributed by atoms with Crippen LogP contribution in [-0.2, 0) is 6.54 Å². The quantitative estimate of drug-likeness (QED) is 0.733. The Kier molecular flexibility index (Phi) is 3.69. The number of rotatable bonds is 3. The summed E-state index contributed by atoms with van der Waals surface area (Å²) in [7, 11) is 0. The fraction of sp³-hybridized carbons (Fsp3) is 0.0833. The molecule has 1 aromatic heterocycles. The molecule has 1 amide bonds. The third-order valence-electron chi connectivity index (χ3n) is 2.38. The van der Waals surface area contributed by atoms with Crippen molar-refractivity contribution in [2.45, 2.75) is 6.54 Å². The van der Waals surface area contributed by atoms with Gasteiger partial charge in [0.05, 0.1) is 5.56 Å². The van der Waals surface area contributed by atoms with E-state index in [-0.39, 0.29) is 16.5 Å². The smallest absolute Gasteiger partial charge is 0.256 e. The topological polar surface area (TPSA) is 83.8 Å². The van der Waals surface area contributed by atoms with E-state index >= 15 is 0 Å². The van der Waals surface area contributed by atoms with Crippen molar-refractivity contribution < 1.29 is 4.79 Å². The lowest BCUT2D eigenvalue weighted by Crippen LogP contribution is -2.24. The number of nitrogens with zero attached hydrogens (tertiary/aromatic N) is 1. The molecule has 2 rings (SSSR count). The van der Waals surface area contributed by atoms with Gasteiger partial charge in [0.2, 0.25) is 0 Å². The minimum atomic E-state index is -0.282. The highest BCUT2D eigenvalue weighted by molar-refractivity contribution is 7.71. The highest BCUT2D eigenvalue weighted by atomic mass is 32.1. The van der Waals surface area contributed by atoms with Gasteiger partial charge < -0.3 is 16.0 Å². The van der Waals surface area contributed by atoms with E-state index in [1.807, 2.05) is 30.3 Å². The molecule has 0 saturated heterocycles. The molecule has 0 aliphatic rings. The summed E-state index contributed by atoms with van der Waals surface area (Å²) >= 11 is 4.81. The van der Waals surface area contributed by atoms with Gasteiger partial charge in [0.25, 0.3) is 5.91 Å². The molecule has 1 aromatic carbocycles. The van der Waals surface area contributed by atoms with Gasteiger partial charge >= 0.3 is 0 Å². The van der Waals surface area contributed by atoms with E-state index in [4.69, 9.17) is 18.0 Å². The summed E-state index contributed by atoms with van der Waals surface area (Å²) in [5, 5.41) is 2.76. The first-order valence-electron chi connectivity index (χ1n) is 5.34. The number of benzene rings is 1. The second-order valence-electron chi connectivity index (χ2n) is 3.68. The van der Waals surface area contributed by atoms with Crippen LogP contribution in [0.25, 0.3) is 0 Å². The molecule has 1 heterocycles. The van der Waals surface area contributed by atoms with Crippen molar-refractivity contribution in [2.75, 3.05) is 5.73 Å². The number of H-pyrrole nitrogens is 1. The molecule has 0 saturated carbocycles. The summed E-state index contributed by atoms with van der Waals surface area (Å²) < 4.78 is 0.257. The van der Waals surface area contributed by atoms with E-state index in [9.17, 15) is 4.79 Å². The lowest BCUT2D eigenvalue weighted by atomic mass is 10.2. The molecule has 18 heavy (non-hydrogen) atoms. The third kappa shape index (κ3) is 2.92. The lowest BCUT2D eigenvalue weighted by molar-refractivity contribution is 0.0951. The number of nitrogen functional groups attached to an aromatic ring is 1. The number of hydrogen-bond donors (Lipinski definition) is 3. The predicted octanol–water partition coefficient (Wildman–Crippen LogP) is 1.65. The van der Waals surface area contributed by atoms with Gasteiger partial charge in [-0.25, -0.2) is 4.98 Å². The molecule has 0 aliphatic heterocycles. The minimum Gasteiger partial charge on any atom is -0.384 e. The first-order valence-corrected chi connectivity index (χ1v) is 5.74. The van der Waals surface area contributed by atoms with Gasteiger partial charge in [0.15, 0.2) is 4.77 Å². The first kappa shape index (κ1) is 12.3. The van der Waals surface area contributed by atoms with E-state index in [1.165, 1.54) is 6.20 Å². The molecule has 6 heteroatoms. The number of anilines is 1. The van der Waals surface area contributed by atoms with E-state index in [0.717, 1.165) is 5.56 Å². The second kappa shape index (κ2) is 5.42. The number of carbonyl (C=O) groups excluding carboxylic acids is 1. The third-order valence-corrected chi connectivity index (χ3v) is 2.59. The number of nitrogens with two attached hydrogens (primary N) is 1. The van der Waals surface area contributed by atoms with Crippen LogP contribution in [0.3, 0.4) is 0 Å². The number of amides is 1. The largest absolute Gasteiger partial charge is 0.384 e. The van der Waals surface area contributed by atoms with Crippen molar-refractivity contribution in [3.63, 3.8) is 0 Å². The fourth-order valence-corrected chi connectivity index (χ4v) is 1.62. The summed E-state index contributed by atoms with van der Waals surface area (Å²) in [5.41, 5.74) is 6.97. The molecule has 0 atom stereocenters. The normalized spacial score (nSPS) is 10.0. The molecule has 0 spiro atoms. The van der Waals surface area contributed by atoms with Crippen molar-refractivity contribution in [1.29, 1.82) is 0 Å². The Bertz CT molecular complexity index is 609. The van der Waals surface area contributed by atoms with Crippen LogP contribution in [0.5, 0.6) is 0 Å². The molecule has 0 bridgehead atoms. The van der Waals surface area contributed by atoms with Crippen molar-refractivity contribution in [2.24, 2.45) is 0 Å². The molecule has 0 aliphatic carbocycles. The van der Waals surface area contributed by atoms with Crippen molar-refractivity contribution in [3.05, 3.63) is 52.4 Å². The molecule has 0 fully saturated rings. The number of hydrogen-bond acceptors (Lipinski definition) is 4. The highest BCUT2D eigenvalue weighted by Gasteiger charge is 2.09. The summed E-state index contributed by atoms with van der Waals surface area (Å²) in [6.07, 6.45) is 1.37. The van der Waals surface area contributed by atoms with Gasteiger partial charge in [-0.3, -0.25) is 4.79 Å². The van der Waals surface area contributed by atoms with Crippen LogP contribution in [0.1, 0.15) is 15.9 Å². The molecular weight excluding hydrogens is 248 g/mol. The van der Waals surface area contributed by atoms with Crippen molar-refractivity contribution in [1.82, 2.24) is 15.3 Å². The molecule has 0 unspecified atom stereocenters. The molecule has 92 valence electrons. The summed E-state index contributed by atoms with van der Waals surface area (Å²) in [6, 6.07) is 9.61. The van der Waals surface area contributed by atoms with Crippen molar-refractivity contribution >= 4 is 23.9 Å². The molecular formula is C12H12N4OS. The number of aromatic nitrogens is 2. The zero-order chi connectivity index (χ0) is 13.0. The Morgan fingerprint density at radius 1 is 1.39 bits per heavy atom. The summed E-state index contributed by atoms with van der Waals surface area (Å²) in [6.45, 7) is 0.439. The fourth-order valence-electron chi connectivity index (χ4n) is 1.46. The first-order chi connectivity index (χ1) is 8.66. The Labute approximate surface area is 109 Å². The molecule has 4 N–H and O–H groups in total. The van der Waals surface area contributed by atoms with Crippen LogP contribution in [0.2, 0.25) is 0 Å². The van der Waals surface area contributed by atoms with E-state index < -0.39 is 0 Å². The van der Waals surface area contributed by atoms with Gasteiger partial charge in [-0.05, 0) is 17.8 Å². The molecule has 2 aromatic rings. The zero-order valence-corrected chi connectivity index (χ0v) is 10.3. The molecule has 5 nitrogen and oxygen atoms in total. The number of carbonyl (C=O) groups is 1. The average molecular weight is 260 g/mol. The van der Waals surface area contributed by atoms with Gasteiger partial charge in [-0.15, -0.1) is 0 Å². The van der Waals surface area contributed by atoms with Gasteiger partial charge in [-0.1, -0.05) is 30.3 Å². The lowest BCUT2D eigenvalue weighted by Gasteiger charge is -2.06. The predicted molar refractivity (Wildman–Crippen MR) is 71.4 cm³/mol. The highest BCUT2D eigenvalue weighted by Crippen LogP contribution is 2.06. The average Bonchev–Trinajstić information content (AvgIpc) is 2.37. The van der Waals surface area contributed by atoms with Crippen molar-refractivity contribution in [3.8, 4) is 0 Å². The Balaban J connectivity index is 2.06. The standard InChI is InChI=1S/C12H12N4OS/c13-10-9(7-15-12(18)16-10)11(17)14-6-8-4-2-1-3-5-8/h1-5,7H,6H2,(H,14,17)(H3,13,15,16,18).